The maximum atomic E-state index is 12.3. The molecular weight excluding hydrogens is 390 g/mol. The fraction of sp³-hybridized carbons (Fsp3) is 0.412. The summed E-state index contributed by atoms with van der Waals surface area (Å²) in [6, 6.07) is 8.13. The topological polar surface area (TPSA) is 45.7 Å². The lowest BCUT2D eigenvalue weighted by molar-refractivity contribution is -0.136. The Hall–Kier alpha value is -1.28. The number of amides is 1. The molecule has 7 heteroatoms. The van der Waals surface area contributed by atoms with Crippen molar-refractivity contribution in [3.05, 3.63) is 39.8 Å². The zero-order chi connectivity index (χ0) is 16.9. The molecule has 0 radical (unpaired) electrons. The predicted molar refractivity (Wildman–Crippen MR) is 99.0 cm³/mol. The Kier molecular flexibility index (Phi) is 5.99. The summed E-state index contributed by atoms with van der Waals surface area (Å²) in [5, 5.41) is 3.06. The normalized spacial score (nSPS) is 15.0. The molecule has 0 atom stereocenters. The Morgan fingerprint density at radius 1 is 1.42 bits per heavy atom. The fourth-order valence-electron chi connectivity index (χ4n) is 2.61. The zero-order valence-corrected chi connectivity index (χ0v) is 16.0. The Balaban J connectivity index is 1.57. The van der Waals surface area contributed by atoms with E-state index in [4.69, 9.17) is 9.72 Å². The molecule has 3 rings (SSSR count). The van der Waals surface area contributed by atoms with E-state index in [1.807, 2.05) is 29.0 Å². The lowest BCUT2D eigenvalue weighted by atomic mass is 10.2. The third-order valence-corrected chi connectivity index (χ3v) is 5.26. The van der Waals surface area contributed by atoms with Gasteiger partial charge >= 0.3 is 0 Å². The first-order chi connectivity index (χ1) is 11.6. The van der Waals surface area contributed by atoms with E-state index in [-0.39, 0.29) is 5.91 Å². The van der Waals surface area contributed by atoms with Gasteiger partial charge in [-0.05, 0) is 19.2 Å². The average Bonchev–Trinajstić information content (AvgIpc) is 3.04. The molecule has 1 amide bonds. The molecule has 24 heavy (non-hydrogen) atoms. The Bertz CT molecular complexity index is 701. The van der Waals surface area contributed by atoms with E-state index in [1.165, 1.54) is 0 Å². The molecule has 1 fully saturated rings. The lowest BCUT2D eigenvalue weighted by Gasteiger charge is -2.28. The van der Waals surface area contributed by atoms with E-state index >= 15 is 0 Å². The van der Waals surface area contributed by atoms with Gasteiger partial charge in [0.15, 0.2) is 0 Å². The number of likely N-dealkylation sites (N-methyl/N-ethyl adjacent to an activating group) is 1. The molecule has 1 aliphatic heterocycles. The molecule has 0 saturated carbocycles. The molecular formula is C17H20BrN3O2S. The Morgan fingerprint density at radius 2 is 2.21 bits per heavy atom. The van der Waals surface area contributed by atoms with Crippen LogP contribution in [0.4, 0.5) is 0 Å². The van der Waals surface area contributed by atoms with Crippen molar-refractivity contribution >= 4 is 33.2 Å². The third kappa shape index (κ3) is 4.63. The van der Waals surface area contributed by atoms with Gasteiger partial charge in [-0.3, -0.25) is 9.69 Å². The quantitative estimate of drug-likeness (QED) is 0.761. The highest BCUT2D eigenvalue weighted by Gasteiger charge is 2.18. The molecule has 0 N–H and O–H groups in total. The number of ether oxygens (including phenoxy) is 1. The molecule has 2 aromatic rings. The van der Waals surface area contributed by atoms with Gasteiger partial charge in [0.1, 0.15) is 5.01 Å². The maximum absolute atomic E-state index is 12.3. The number of hydrogen-bond donors (Lipinski definition) is 0. The monoisotopic (exact) mass is 409 g/mol. The Labute approximate surface area is 154 Å². The van der Waals surface area contributed by atoms with Crippen molar-refractivity contribution in [2.45, 2.75) is 6.54 Å². The summed E-state index contributed by atoms with van der Waals surface area (Å²) in [6.07, 6.45) is 0. The van der Waals surface area contributed by atoms with Crippen molar-refractivity contribution in [2.24, 2.45) is 0 Å². The van der Waals surface area contributed by atoms with Crippen LogP contribution in [-0.2, 0) is 16.1 Å². The molecule has 0 unspecified atom stereocenters. The van der Waals surface area contributed by atoms with Gasteiger partial charge in [0.05, 0.1) is 25.5 Å². The van der Waals surface area contributed by atoms with Crippen LogP contribution in [0.25, 0.3) is 10.6 Å². The minimum Gasteiger partial charge on any atom is -0.378 e. The van der Waals surface area contributed by atoms with E-state index in [1.54, 1.807) is 11.3 Å². The first-order valence-corrected chi connectivity index (χ1v) is 9.53. The average molecular weight is 410 g/mol. The van der Waals surface area contributed by atoms with Crippen molar-refractivity contribution in [2.75, 3.05) is 39.9 Å². The molecule has 2 heterocycles. The molecule has 1 aromatic heterocycles. The summed E-state index contributed by atoms with van der Waals surface area (Å²) in [5.74, 6) is 0.156. The number of carbonyl (C=O) groups excluding carboxylic acids is 1. The van der Waals surface area contributed by atoms with Crippen molar-refractivity contribution in [1.82, 2.24) is 14.8 Å². The predicted octanol–water partition coefficient (Wildman–Crippen LogP) is 2.86. The second kappa shape index (κ2) is 8.20. The van der Waals surface area contributed by atoms with E-state index < -0.39 is 0 Å². The number of hydrogen-bond acceptors (Lipinski definition) is 5. The number of halogens is 1. The van der Waals surface area contributed by atoms with Crippen LogP contribution in [-0.4, -0.2) is 60.6 Å². The van der Waals surface area contributed by atoms with Gasteiger partial charge in [-0.2, -0.15) is 0 Å². The minimum atomic E-state index is 0.156. The van der Waals surface area contributed by atoms with E-state index in [9.17, 15) is 4.79 Å². The van der Waals surface area contributed by atoms with Gasteiger partial charge in [-0.15, -0.1) is 11.3 Å². The van der Waals surface area contributed by atoms with Gasteiger partial charge in [0, 0.05) is 35.1 Å². The van der Waals surface area contributed by atoms with E-state index in [0.717, 1.165) is 20.7 Å². The Morgan fingerprint density at radius 3 is 2.96 bits per heavy atom. The van der Waals surface area contributed by atoms with Crippen molar-refractivity contribution in [3.8, 4) is 10.6 Å². The van der Waals surface area contributed by atoms with Gasteiger partial charge in [0.2, 0.25) is 5.91 Å². The summed E-state index contributed by atoms with van der Waals surface area (Å²) < 4.78 is 6.33. The molecule has 128 valence electrons. The summed E-state index contributed by atoms with van der Waals surface area (Å²) in [5.41, 5.74) is 2.10. The summed E-state index contributed by atoms with van der Waals surface area (Å²) >= 11 is 5.12. The van der Waals surface area contributed by atoms with Gasteiger partial charge in [0.25, 0.3) is 0 Å². The lowest BCUT2D eigenvalue weighted by Crippen LogP contribution is -2.44. The molecule has 1 aliphatic rings. The van der Waals surface area contributed by atoms with Crippen LogP contribution in [0.15, 0.2) is 34.1 Å². The summed E-state index contributed by atoms with van der Waals surface area (Å²) in [6.45, 7) is 3.73. The molecule has 5 nitrogen and oxygen atoms in total. The molecule has 0 spiro atoms. The number of nitrogens with zero attached hydrogens (tertiary/aromatic N) is 3. The van der Waals surface area contributed by atoms with Crippen molar-refractivity contribution < 1.29 is 9.53 Å². The van der Waals surface area contributed by atoms with Crippen LogP contribution in [0, 0.1) is 0 Å². The van der Waals surface area contributed by atoms with E-state index in [2.05, 4.69) is 33.4 Å². The molecule has 1 aromatic carbocycles. The number of carbonyl (C=O) groups is 1. The minimum absolute atomic E-state index is 0.156. The van der Waals surface area contributed by atoms with Crippen LogP contribution in [0.2, 0.25) is 0 Å². The zero-order valence-electron chi connectivity index (χ0n) is 13.6. The van der Waals surface area contributed by atoms with Gasteiger partial charge in [-0.1, -0.05) is 28.1 Å². The highest BCUT2D eigenvalue weighted by Crippen LogP contribution is 2.26. The van der Waals surface area contributed by atoms with E-state index in [0.29, 0.717) is 39.4 Å². The summed E-state index contributed by atoms with van der Waals surface area (Å²) in [4.78, 5) is 20.8. The molecule has 0 bridgehead atoms. The fourth-order valence-corrected chi connectivity index (χ4v) is 3.82. The van der Waals surface area contributed by atoms with Crippen molar-refractivity contribution in [1.29, 1.82) is 0 Å². The molecule has 1 saturated heterocycles. The number of aromatic nitrogens is 1. The highest BCUT2D eigenvalue weighted by atomic mass is 79.9. The third-order valence-electron chi connectivity index (χ3n) is 3.82. The SMILES string of the molecule is CN(CC(=O)N1CCOCC1)Cc1csc(-c2cccc(Br)c2)n1. The number of thiazole rings is 1. The largest absolute Gasteiger partial charge is 0.378 e. The van der Waals surface area contributed by atoms with Crippen LogP contribution in [0.5, 0.6) is 0 Å². The smallest absolute Gasteiger partial charge is 0.236 e. The number of morpholine rings is 1. The number of benzene rings is 1. The first kappa shape index (κ1) is 17.5. The summed E-state index contributed by atoms with van der Waals surface area (Å²) in [7, 11) is 1.95. The second-order valence-electron chi connectivity index (χ2n) is 5.82. The van der Waals surface area contributed by atoms with Crippen LogP contribution < -0.4 is 0 Å². The maximum Gasteiger partial charge on any atom is 0.236 e. The van der Waals surface area contributed by atoms with Crippen LogP contribution in [0.3, 0.4) is 0 Å². The van der Waals surface area contributed by atoms with Gasteiger partial charge in [-0.25, -0.2) is 4.98 Å². The highest BCUT2D eigenvalue weighted by molar-refractivity contribution is 9.10. The van der Waals surface area contributed by atoms with Gasteiger partial charge < -0.3 is 9.64 Å². The molecule has 0 aliphatic carbocycles. The number of rotatable bonds is 5. The van der Waals surface area contributed by atoms with Crippen molar-refractivity contribution in [3.63, 3.8) is 0 Å². The second-order valence-corrected chi connectivity index (χ2v) is 7.59. The first-order valence-electron chi connectivity index (χ1n) is 7.86. The van der Waals surface area contributed by atoms with Crippen LogP contribution >= 0.6 is 27.3 Å². The van der Waals surface area contributed by atoms with Crippen LogP contribution in [0.1, 0.15) is 5.69 Å². The standard InChI is InChI=1S/C17H20BrN3O2S/c1-20(11-16(22)21-5-7-23-8-6-21)10-15-12-24-17(19-15)13-3-2-4-14(18)9-13/h2-4,9,12H,5-8,10-11H2,1H3.